The van der Waals surface area contributed by atoms with Gasteiger partial charge in [-0.1, -0.05) is 12.0 Å². The van der Waals surface area contributed by atoms with Crippen molar-refractivity contribution in [3.8, 4) is 35.2 Å². The van der Waals surface area contributed by atoms with Gasteiger partial charge < -0.3 is 24.4 Å². The minimum Gasteiger partial charge on any atom is -0.508 e. The SMILES string of the molecule is C#Cc1c(F)ccc2cc(O)cc(-c3c(F)c4nc(OCC5(CN6CCN(CC(F)(F)F)CC6)CC5)nc(N5[C@@H]6CC[C@H]5CN(CCCOC)C6)c4c4cn(C)nc34)c12. The van der Waals surface area contributed by atoms with Gasteiger partial charge in [0.2, 0.25) is 0 Å². The second-order valence-electron chi connectivity index (χ2n) is 16.8. The van der Waals surface area contributed by atoms with E-state index in [9.17, 15) is 18.3 Å². The maximum absolute atomic E-state index is 17.9. The fraction of sp³-hybridized carbons (Fsp3) is 0.512. The number of methoxy groups -OCH3 is 1. The molecule has 1 aliphatic carbocycles. The highest BCUT2D eigenvalue weighted by atomic mass is 19.4. The van der Waals surface area contributed by atoms with Gasteiger partial charge in [-0.05, 0) is 61.3 Å². The number of terminal acetylenes is 1. The van der Waals surface area contributed by atoms with Crippen LogP contribution in [0.15, 0.2) is 30.5 Å². The van der Waals surface area contributed by atoms with Gasteiger partial charge in [-0.25, -0.2) is 8.78 Å². The van der Waals surface area contributed by atoms with E-state index in [2.05, 4.69) is 20.6 Å². The van der Waals surface area contributed by atoms with E-state index in [1.165, 1.54) is 29.2 Å². The van der Waals surface area contributed by atoms with Gasteiger partial charge in [-0.15, -0.1) is 6.42 Å². The minimum absolute atomic E-state index is 0.00297. The Bertz CT molecular complexity index is 2440. The second kappa shape index (κ2) is 15.3. The summed E-state index contributed by atoms with van der Waals surface area (Å²) in [6, 6.07) is 5.76. The van der Waals surface area contributed by atoms with E-state index < -0.39 is 24.4 Å². The first kappa shape index (κ1) is 39.6. The van der Waals surface area contributed by atoms with Crippen molar-refractivity contribution in [3.63, 3.8) is 0 Å². The van der Waals surface area contributed by atoms with E-state index in [-0.39, 0.29) is 69.0 Å². The van der Waals surface area contributed by atoms with Crippen LogP contribution in [-0.4, -0.2) is 137 Å². The molecule has 5 heterocycles. The fourth-order valence-electron chi connectivity index (χ4n) is 9.70. The number of aryl methyl sites for hydroxylation is 1. The largest absolute Gasteiger partial charge is 0.508 e. The number of hydrogen-bond acceptors (Lipinski definition) is 10. The van der Waals surface area contributed by atoms with Gasteiger partial charge in [0.05, 0.1) is 24.1 Å². The molecule has 0 unspecified atom stereocenters. The molecule has 0 amide bonds. The van der Waals surface area contributed by atoms with Gasteiger partial charge in [-0.3, -0.25) is 14.5 Å². The molecule has 9 rings (SSSR count). The molecule has 312 valence electrons. The maximum atomic E-state index is 17.9. The summed E-state index contributed by atoms with van der Waals surface area (Å²) in [7, 11) is 3.45. The Labute approximate surface area is 338 Å². The van der Waals surface area contributed by atoms with Crippen LogP contribution in [0.4, 0.5) is 27.8 Å². The number of halogens is 5. The lowest BCUT2D eigenvalue weighted by Gasteiger charge is -2.42. The molecule has 3 saturated heterocycles. The van der Waals surface area contributed by atoms with Crippen LogP contribution in [0.5, 0.6) is 11.8 Å². The Morgan fingerprint density at radius 3 is 2.37 bits per heavy atom. The topological polar surface area (TPSA) is 95.3 Å². The highest BCUT2D eigenvalue weighted by Gasteiger charge is 2.46. The number of benzene rings is 3. The number of ether oxygens (including phenoxy) is 2. The van der Waals surface area contributed by atoms with Crippen molar-refractivity contribution in [2.75, 3.05) is 84.1 Å². The molecule has 11 nitrogen and oxygen atoms in total. The Kier molecular flexibility index (Phi) is 10.3. The summed E-state index contributed by atoms with van der Waals surface area (Å²) in [5, 5.41) is 17.4. The molecule has 0 spiro atoms. The Balaban J connectivity index is 1.13. The summed E-state index contributed by atoms with van der Waals surface area (Å²) in [6.45, 7) is 4.91. The second-order valence-corrected chi connectivity index (χ2v) is 16.8. The van der Waals surface area contributed by atoms with E-state index in [1.807, 2.05) is 0 Å². The maximum Gasteiger partial charge on any atom is 0.401 e. The van der Waals surface area contributed by atoms with Crippen LogP contribution >= 0.6 is 0 Å². The van der Waals surface area contributed by atoms with E-state index in [1.54, 1.807) is 25.0 Å². The lowest BCUT2D eigenvalue weighted by molar-refractivity contribution is -0.149. The van der Waals surface area contributed by atoms with Crippen molar-refractivity contribution in [2.45, 2.75) is 50.4 Å². The molecule has 1 N–H and O–H groups in total. The number of piperazine rings is 2. The fourth-order valence-corrected chi connectivity index (χ4v) is 9.70. The standard InChI is InChI=1S/C43H47F5N8O3/c1-4-30-33(44)9-6-26-18-29(57)19-31(34(26)30)35-37(45)39-36(32-22-52(2)51-38(32)35)40(56-27-7-8-28(56)21-55(20-27)12-5-17-58-3)50-41(49-39)59-25-42(10-11-42)23-53-13-15-54(16-14-53)24-43(46,47)48/h1,6,9,18-19,22,27-28,57H,5,7-8,10-17,20-21,23-25H2,2-3H3/t27-,28+. The van der Waals surface area contributed by atoms with Gasteiger partial charge in [-0.2, -0.15) is 28.2 Å². The number of anilines is 1. The van der Waals surface area contributed by atoms with E-state index in [0.29, 0.717) is 61.3 Å². The molecular formula is C43H47F5N8O3. The van der Waals surface area contributed by atoms with E-state index in [4.69, 9.17) is 31.0 Å². The summed E-state index contributed by atoms with van der Waals surface area (Å²) in [5.74, 6) is 1.44. The van der Waals surface area contributed by atoms with Crippen molar-refractivity contribution in [1.82, 2.24) is 34.4 Å². The monoisotopic (exact) mass is 818 g/mol. The molecule has 3 aromatic carbocycles. The molecule has 4 aliphatic rings. The number of fused-ring (bicyclic) bond motifs is 6. The third kappa shape index (κ3) is 7.62. The molecule has 2 atom stereocenters. The van der Waals surface area contributed by atoms with Crippen LogP contribution in [0.25, 0.3) is 43.7 Å². The minimum atomic E-state index is -4.23. The molecule has 2 aromatic heterocycles. The van der Waals surface area contributed by atoms with Gasteiger partial charge in [0.15, 0.2) is 5.82 Å². The van der Waals surface area contributed by atoms with E-state index in [0.717, 1.165) is 51.7 Å². The number of aromatic hydroxyl groups is 1. The zero-order valence-corrected chi connectivity index (χ0v) is 33.2. The molecule has 0 radical (unpaired) electrons. The number of phenols is 1. The number of aromatic nitrogens is 4. The Hall–Kier alpha value is -4.82. The Morgan fingerprint density at radius 2 is 1.69 bits per heavy atom. The summed E-state index contributed by atoms with van der Waals surface area (Å²) in [6.07, 6.45) is 7.93. The van der Waals surface area contributed by atoms with Crippen LogP contribution in [0, 0.1) is 29.4 Å². The molecule has 1 saturated carbocycles. The molecule has 3 aliphatic heterocycles. The number of nitrogens with zero attached hydrogens (tertiary/aromatic N) is 8. The van der Waals surface area contributed by atoms with Crippen molar-refractivity contribution in [3.05, 3.63) is 47.7 Å². The predicted octanol–water partition coefficient (Wildman–Crippen LogP) is 6.33. The van der Waals surface area contributed by atoms with E-state index >= 15 is 8.78 Å². The van der Waals surface area contributed by atoms with Crippen molar-refractivity contribution < 1.29 is 36.5 Å². The number of hydrogen-bond donors (Lipinski definition) is 1. The zero-order valence-electron chi connectivity index (χ0n) is 33.2. The average Bonchev–Trinajstić information content (AvgIpc) is 3.77. The van der Waals surface area contributed by atoms with Crippen LogP contribution in [0.2, 0.25) is 0 Å². The number of phenolic OH excluding ortho intramolecular Hbond substituents is 1. The van der Waals surface area contributed by atoms with Crippen LogP contribution in [-0.2, 0) is 11.8 Å². The first-order valence-electron chi connectivity index (χ1n) is 20.3. The predicted molar refractivity (Wildman–Crippen MR) is 215 cm³/mol. The first-order valence-corrected chi connectivity index (χ1v) is 20.3. The lowest BCUT2D eigenvalue weighted by atomic mass is 9.91. The summed E-state index contributed by atoms with van der Waals surface area (Å²) >= 11 is 0. The van der Waals surface area contributed by atoms with Crippen LogP contribution < -0.4 is 9.64 Å². The van der Waals surface area contributed by atoms with Gasteiger partial charge in [0, 0.05) is 113 Å². The lowest BCUT2D eigenvalue weighted by Crippen LogP contribution is -2.54. The zero-order chi connectivity index (χ0) is 41.2. The summed E-state index contributed by atoms with van der Waals surface area (Å²) < 4.78 is 85.6. The van der Waals surface area contributed by atoms with Crippen molar-refractivity contribution in [2.24, 2.45) is 12.5 Å². The van der Waals surface area contributed by atoms with Crippen LogP contribution in [0.3, 0.4) is 0 Å². The molecular weight excluding hydrogens is 772 g/mol. The first-order chi connectivity index (χ1) is 28.3. The summed E-state index contributed by atoms with van der Waals surface area (Å²) in [4.78, 5) is 18.3. The van der Waals surface area contributed by atoms with Crippen LogP contribution in [0.1, 0.15) is 37.7 Å². The highest BCUT2D eigenvalue weighted by Crippen LogP contribution is 2.49. The smallest absolute Gasteiger partial charge is 0.401 e. The van der Waals surface area contributed by atoms with Crippen molar-refractivity contribution >= 4 is 38.4 Å². The number of likely N-dealkylation sites (tertiary alicyclic amines) is 1. The normalized spacial score (nSPS) is 21.2. The molecule has 5 aromatic rings. The van der Waals surface area contributed by atoms with Gasteiger partial charge in [0.25, 0.3) is 0 Å². The molecule has 4 fully saturated rings. The quantitative estimate of drug-likeness (QED) is 0.0875. The van der Waals surface area contributed by atoms with Crippen molar-refractivity contribution in [1.29, 1.82) is 0 Å². The summed E-state index contributed by atoms with van der Waals surface area (Å²) in [5.41, 5.74) is 0.183. The number of alkyl halides is 3. The van der Waals surface area contributed by atoms with Gasteiger partial charge >= 0.3 is 12.2 Å². The highest BCUT2D eigenvalue weighted by molar-refractivity contribution is 6.18. The Morgan fingerprint density at radius 1 is 0.966 bits per heavy atom. The molecule has 2 bridgehead atoms. The molecule has 16 heteroatoms. The number of rotatable bonds is 12. The average molecular weight is 819 g/mol. The molecule has 59 heavy (non-hydrogen) atoms. The third-order valence-corrected chi connectivity index (χ3v) is 12.6. The third-order valence-electron chi connectivity index (χ3n) is 12.6. The van der Waals surface area contributed by atoms with Gasteiger partial charge in [0.1, 0.15) is 28.4 Å².